The summed E-state index contributed by atoms with van der Waals surface area (Å²) in [6.45, 7) is 12.9. The highest BCUT2D eigenvalue weighted by molar-refractivity contribution is 6.00. The van der Waals surface area contributed by atoms with Gasteiger partial charge in [-0.15, -0.1) is 0 Å². The largest absolute Gasteiger partial charge is 0.463 e. The van der Waals surface area contributed by atoms with Crippen LogP contribution in [0, 0.1) is 51.2 Å². The Bertz CT molecular complexity index is 1170. The molecule has 39 heavy (non-hydrogen) atoms. The zero-order valence-electron chi connectivity index (χ0n) is 24.5. The van der Waals surface area contributed by atoms with E-state index in [0.29, 0.717) is 43.4 Å². The molecule has 0 aromatic heterocycles. The molecule has 6 heteroatoms. The molecule has 2 bridgehead atoms. The van der Waals surface area contributed by atoms with Gasteiger partial charge in [-0.1, -0.05) is 71.6 Å². The van der Waals surface area contributed by atoms with Gasteiger partial charge < -0.3 is 14.6 Å². The Morgan fingerprint density at radius 1 is 1.10 bits per heavy atom. The number of aliphatic hydroxyl groups excluding tert-OH is 1. The Balaban J connectivity index is 1.48. The van der Waals surface area contributed by atoms with Crippen molar-refractivity contribution in [3.63, 3.8) is 0 Å². The molecule has 0 aromatic carbocycles. The van der Waals surface area contributed by atoms with Crippen molar-refractivity contribution < 1.29 is 29.0 Å². The molecule has 2 unspecified atom stereocenters. The van der Waals surface area contributed by atoms with Crippen LogP contribution in [0.4, 0.5) is 0 Å². The summed E-state index contributed by atoms with van der Waals surface area (Å²) in [6.07, 6.45) is 11.5. The van der Waals surface area contributed by atoms with Crippen LogP contribution in [0.15, 0.2) is 23.3 Å². The first-order chi connectivity index (χ1) is 18.3. The summed E-state index contributed by atoms with van der Waals surface area (Å²) >= 11 is 0. The van der Waals surface area contributed by atoms with Gasteiger partial charge in [0.1, 0.15) is 6.10 Å². The third-order valence-electron chi connectivity index (χ3n) is 12.7. The van der Waals surface area contributed by atoms with Crippen LogP contribution in [0.25, 0.3) is 0 Å². The molecule has 1 aliphatic heterocycles. The van der Waals surface area contributed by atoms with Gasteiger partial charge in [0.2, 0.25) is 0 Å². The smallest absolute Gasteiger partial charge is 0.318 e. The average molecular weight is 539 g/mol. The quantitative estimate of drug-likeness (QED) is 0.334. The van der Waals surface area contributed by atoms with Crippen LogP contribution >= 0.6 is 0 Å². The first-order valence-electron chi connectivity index (χ1n) is 15.4. The molecule has 6 rings (SSSR count). The topological polar surface area (TPSA) is 89.9 Å². The van der Waals surface area contributed by atoms with Crippen LogP contribution < -0.4 is 0 Å². The summed E-state index contributed by atoms with van der Waals surface area (Å²) in [5, 5.41) is 12.4. The second-order valence-electron chi connectivity index (χ2n) is 14.7. The Morgan fingerprint density at radius 3 is 2.51 bits per heavy atom. The van der Waals surface area contributed by atoms with Gasteiger partial charge in [-0.3, -0.25) is 14.4 Å². The van der Waals surface area contributed by atoms with Gasteiger partial charge in [0, 0.05) is 17.8 Å². The van der Waals surface area contributed by atoms with E-state index in [1.807, 2.05) is 0 Å². The number of rotatable bonds is 6. The predicted octanol–water partition coefficient (Wildman–Crippen LogP) is 5.92. The highest BCUT2D eigenvalue weighted by Crippen LogP contribution is 2.83. The van der Waals surface area contributed by atoms with Gasteiger partial charge in [-0.25, -0.2) is 0 Å². The van der Waals surface area contributed by atoms with Gasteiger partial charge >= 0.3 is 17.9 Å². The third kappa shape index (κ3) is 3.27. The van der Waals surface area contributed by atoms with Crippen molar-refractivity contribution in [2.45, 2.75) is 112 Å². The zero-order valence-corrected chi connectivity index (χ0v) is 24.5. The van der Waals surface area contributed by atoms with E-state index < -0.39 is 46.1 Å². The van der Waals surface area contributed by atoms with Gasteiger partial charge in [-0.05, 0) is 72.7 Å². The number of fused-ring (bicyclic) bond motifs is 2. The fourth-order valence-electron chi connectivity index (χ4n) is 11.2. The first-order valence-corrected chi connectivity index (χ1v) is 15.4. The Morgan fingerprint density at radius 2 is 1.82 bits per heavy atom. The minimum atomic E-state index is -0.860. The molecule has 5 aliphatic carbocycles. The molecular formula is C33H46O6. The van der Waals surface area contributed by atoms with Crippen molar-refractivity contribution in [3.8, 4) is 0 Å². The summed E-state index contributed by atoms with van der Waals surface area (Å²) < 4.78 is 11.1. The van der Waals surface area contributed by atoms with E-state index in [4.69, 9.17) is 9.47 Å². The molecule has 6 nitrogen and oxygen atoms in total. The lowest BCUT2D eigenvalue weighted by Gasteiger charge is -2.63. The normalized spacial score (nSPS) is 46.5. The molecule has 1 spiro atoms. The third-order valence-corrected chi connectivity index (χ3v) is 12.7. The number of ether oxygens (including phenoxy) is 2. The van der Waals surface area contributed by atoms with Gasteiger partial charge in [-0.2, -0.15) is 0 Å². The molecule has 1 heterocycles. The van der Waals surface area contributed by atoms with Crippen molar-refractivity contribution in [1.29, 1.82) is 0 Å². The van der Waals surface area contributed by atoms with E-state index in [9.17, 15) is 19.5 Å². The van der Waals surface area contributed by atoms with Crippen LogP contribution in [0.1, 0.15) is 99.3 Å². The minimum Gasteiger partial charge on any atom is -0.463 e. The lowest BCUT2D eigenvalue weighted by atomic mass is 9.41. The Labute approximate surface area is 233 Å². The molecule has 4 fully saturated rings. The van der Waals surface area contributed by atoms with Crippen LogP contribution in [0.5, 0.6) is 0 Å². The molecule has 3 saturated carbocycles. The molecule has 0 radical (unpaired) electrons. The lowest BCUT2D eigenvalue weighted by Crippen LogP contribution is -2.62. The van der Waals surface area contributed by atoms with E-state index >= 15 is 0 Å². The van der Waals surface area contributed by atoms with Crippen molar-refractivity contribution in [2.75, 3.05) is 0 Å². The molecule has 0 amide bonds. The molecule has 10 atom stereocenters. The summed E-state index contributed by atoms with van der Waals surface area (Å²) in [4.78, 5) is 38.9. The second kappa shape index (κ2) is 8.77. The van der Waals surface area contributed by atoms with Crippen molar-refractivity contribution in [3.05, 3.63) is 23.3 Å². The van der Waals surface area contributed by atoms with E-state index in [0.717, 1.165) is 18.4 Å². The summed E-state index contributed by atoms with van der Waals surface area (Å²) in [7, 11) is 0. The number of esters is 3. The fourth-order valence-corrected chi connectivity index (χ4v) is 11.2. The molecule has 1 saturated heterocycles. The van der Waals surface area contributed by atoms with Crippen LogP contribution in [0.3, 0.4) is 0 Å². The highest BCUT2D eigenvalue weighted by Gasteiger charge is 2.84. The summed E-state index contributed by atoms with van der Waals surface area (Å²) in [5.74, 6) is -0.894. The number of carbonyl (C=O) groups is 3. The van der Waals surface area contributed by atoms with E-state index in [-0.39, 0.29) is 17.5 Å². The van der Waals surface area contributed by atoms with Crippen molar-refractivity contribution >= 4 is 17.9 Å². The molecule has 1 N–H and O–H groups in total. The monoisotopic (exact) mass is 538 g/mol. The molecule has 6 aliphatic rings. The van der Waals surface area contributed by atoms with Gasteiger partial charge in [0.15, 0.2) is 0 Å². The maximum Gasteiger partial charge on any atom is 0.318 e. The van der Waals surface area contributed by atoms with E-state index in [1.165, 1.54) is 31.8 Å². The van der Waals surface area contributed by atoms with Crippen LogP contribution in [-0.4, -0.2) is 35.2 Å². The van der Waals surface area contributed by atoms with Gasteiger partial charge in [0.05, 0.1) is 17.9 Å². The predicted molar refractivity (Wildman–Crippen MR) is 146 cm³/mol. The lowest BCUT2D eigenvalue weighted by molar-refractivity contribution is -0.176. The Hall–Kier alpha value is -1.95. The Kier molecular flexibility index (Phi) is 6.13. The van der Waals surface area contributed by atoms with E-state index in [1.54, 1.807) is 0 Å². The average Bonchev–Trinajstić information content (AvgIpc) is 3.36. The number of cyclic esters (lactones) is 2. The van der Waals surface area contributed by atoms with Crippen molar-refractivity contribution in [1.82, 2.24) is 0 Å². The summed E-state index contributed by atoms with van der Waals surface area (Å²) in [5.41, 5.74) is 0.317. The maximum atomic E-state index is 13.6. The first kappa shape index (κ1) is 27.2. The maximum absolute atomic E-state index is 13.6. The zero-order chi connectivity index (χ0) is 28.1. The van der Waals surface area contributed by atoms with Gasteiger partial charge in [0.25, 0.3) is 0 Å². The standard InChI is InChI=1S/C33H46O6/c1-18(2)8-7-9-19(3)22-10-11-23-24-13-15-32-16-21(38-20(4)34)12-14-31(32,6)33(24,25(35)17-30(22,23)5)27-26(32)28(36)39-29(27)37/h13,15,18-19,21-22,25-27,35H,7-12,14,16-17H2,1-6H3/t19-,21+,22-,25-,26?,27?,30-,31+,32+,33-/m1/s1. The van der Waals surface area contributed by atoms with Crippen molar-refractivity contribution in [2.24, 2.45) is 51.2 Å². The van der Waals surface area contributed by atoms with Crippen LogP contribution in [-0.2, 0) is 23.9 Å². The SMILES string of the molecule is CC(=O)O[C@H]1CC[C@@]2(C)[C@@]3(C=CC4=C5CC[C@H]([C@H](C)CCCC(C)C)[C@@]5(C)C[C@@H](O)[C@@]42C2C(=O)OC(=O)C23)C1. The molecular weight excluding hydrogens is 492 g/mol. The second-order valence-corrected chi connectivity index (χ2v) is 14.7. The summed E-state index contributed by atoms with van der Waals surface area (Å²) in [6, 6.07) is 0. The number of aliphatic hydroxyl groups is 1. The molecule has 0 aromatic rings. The fraction of sp³-hybridized carbons (Fsp3) is 0.788. The number of hydrogen-bond donors (Lipinski definition) is 1. The number of allylic oxidation sites excluding steroid dienone is 3. The molecule has 214 valence electrons. The minimum absolute atomic E-state index is 0.127. The van der Waals surface area contributed by atoms with E-state index in [2.05, 4.69) is 46.8 Å². The number of carbonyl (C=O) groups excluding carboxylic acids is 3. The highest BCUT2D eigenvalue weighted by atomic mass is 16.6. The number of hydrogen-bond acceptors (Lipinski definition) is 6. The van der Waals surface area contributed by atoms with Crippen LogP contribution in [0.2, 0.25) is 0 Å².